The Hall–Kier alpha value is -1.16. The second-order valence-corrected chi connectivity index (χ2v) is 4.81. The first-order valence-electron chi connectivity index (χ1n) is 5.40. The van der Waals surface area contributed by atoms with Crippen molar-refractivity contribution in [3.05, 3.63) is 29.3 Å². The van der Waals surface area contributed by atoms with Gasteiger partial charge in [0.1, 0.15) is 5.75 Å². The van der Waals surface area contributed by atoms with Gasteiger partial charge in [0.25, 0.3) is 5.92 Å². The maximum atomic E-state index is 13.6. The number of hydrogen-bond acceptors (Lipinski definition) is 2. The molecule has 0 unspecified atom stereocenters. The highest BCUT2D eigenvalue weighted by Crippen LogP contribution is 2.41. The van der Waals surface area contributed by atoms with Crippen LogP contribution in [0, 0.1) is 0 Å². The lowest BCUT2D eigenvalue weighted by atomic mass is 9.80. The van der Waals surface area contributed by atoms with Crippen LogP contribution in [0.15, 0.2) is 18.2 Å². The Morgan fingerprint density at radius 2 is 1.82 bits per heavy atom. The molecule has 0 aliphatic heterocycles. The largest absolute Gasteiger partial charge is 0.496 e. The number of rotatable bonds is 4. The third-order valence-electron chi connectivity index (χ3n) is 2.79. The average molecular weight is 244 g/mol. The lowest BCUT2D eigenvalue weighted by molar-refractivity contribution is 0.0146. The Bertz CT molecular complexity index is 395. The predicted octanol–water partition coefficient (Wildman–Crippen LogP) is 3.08. The van der Waals surface area contributed by atoms with Gasteiger partial charge in [-0.2, -0.15) is 0 Å². The summed E-state index contributed by atoms with van der Waals surface area (Å²) in [5.74, 6) is -2.58. The Kier molecular flexibility index (Phi) is 3.77. The van der Waals surface area contributed by atoms with Crippen molar-refractivity contribution in [3.8, 4) is 5.75 Å². The van der Waals surface area contributed by atoms with E-state index >= 15 is 0 Å². The number of methoxy groups -OCH3 is 1. The van der Waals surface area contributed by atoms with Gasteiger partial charge in [-0.15, -0.1) is 0 Å². The van der Waals surface area contributed by atoms with E-state index in [-0.39, 0.29) is 12.2 Å². The second kappa shape index (κ2) is 4.61. The summed E-state index contributed by atoms with van der Waals surface area (Å²) in [6.07, 6.45) is 0. The van der Waals surface area contributed by atoms with Crippen molar-refractivity contribution in [2.24, 2.45) is 0 Å². The Balaban J connectivity index is 3.52. The molecule has 0 aliphatic rings. The van der Waals surface area contributed by atoms with Crippen LogP contribution in [0.4, 0.5) is 8.78 Å². The summed E-state index contributed by atoms with van der Waals surface area (Å²) >= 11 is 0. The van der Waals surface area contributed by atoms with Gasteiger partial charge in [0, 0.05) is 23.5 Å². The molecule has 1 N–H and O–H groups in total. The monoisotopic (exact) mass is 244 g/mol. The molecule has 0 aliphatic carbocycles. The zero-order chi connectivity index (χ0) is 13.3. The van der Waals surface area contributed by atoms with Crippen molar-refractivity contribution in [1.29, 1.82) is 0 Å². The van der Waals surface area contributed by atoms with E-state index in [4.69, 9.17) is 4.74 Å². The fraction of sp³-hybridized carbons (Fsp3) is 0.538. The minimum absolute atomic E-state index is 0.101. The summed E-state index contributed by atoms with van der Waals surface area (Å²) in [6, 6.07) is 4.53. The topological polar surface area (TPSA) is 29.5 Å². The van der Waals surface area contributed by atoms with E-state index in [1.54, 1.807) is 19.9 Å². The van der Waals surface area contributed by atoms with Crippen molar-refractivity contribution < 1.29 is 18.6 Å². The first-order chi connectivity index (χ1) is 7.74. The van der Waals surface area contributed by atoms with Crippen LogP contribution in [-0.2, 0) is 11.3 Å². The van der Waals surface area contributed by atoms with E-state index in [9.17, 15) is 13.9 Å². The van der Waals surface area contributed by atoms with Crippen molar-refractivity contribution in [1.82, 2.24) is 0 Å². The molecule has 0 radical (unpaired) electrons. The van der Waals surface area contributed by atoms with Gasteiger partial charge in [-0.05, 0) is 6.07 Å². The molecule has 1 aromatic rings. The molecule has 17 heavy (non-hydrogen) atoms. The van der Waals surface area contributed by atoms with Gasteiger partial charge in [0.15, 0.2) is 0 Å². The van der Waals surface area contributed by atoms with Crippen LogP contribution in [0.2, 0.25) is 0 Å². The summed E-state index contributed by atoms with van der Waals surface area (Å²) in [5.41, 5.74) is -0.519. The third kappa shape index (κ3) is 2.75. The second-order valence-electron chi connectivity index (χ2n) is 4.81. The number of aliphatic hydroxyl groups is 1. The minimum Gasteiger partial charge on any atom is -0.496 e. The molecule has 0 heterocycles. The van der Waals surface area contributed by atoms with Crippen molar-refractivity contribution >= 4 is 0 Å². The van der Waals surface area contributed by atoms with E-state index in [1.165, 1.54) is 19.2 Å². The molecule has 0 saturated carbocycles. The lowest BCUT2D eigenvalue weighted by Gasteiger charge is -2.29. The molecule has 0 spiro atoms. The van der Waals surface area contributed by atoms with E-state index < -0.39 is 11.3 Å². The molecule has 0 saturated heterocycles. The standard InChI is InChI=1S/C13H18F2O2/c1-12(2,8-16)11-9(13(3,14)15)6-5-7-10(11)17-4/h5-7,16H,8H2,1-4H3. The van der Waals surface area contributed by atoms with Gasteiger partial charge < -0.3 is 9.84 Å². The summed E-state index contributed by atoms with van der Waals surface area (Å²) in [7, 11) is 1.43. The molecular weight excluding hydrogens is 226 g/mol. The highest BCUT2D eigenvalue weighted by Gasteiger charge is 2.35. The van der Waals surface area contributed by atoms with Gasteiger partial charge in [0.2, 0.25) is 0 Å². The molecule has 0 aromatic heterocycles. The molecule has 1 aromatic carbocycles. The number of alkyl halides is 2. The number of ether oxygens (including phenoxy) is 1. The lowest BCUT2D eigenvalue weighted by Crippen LogP contribution is -2.27. The molecule has 0 fully saturated rings. The van der Waals surface area contributed by atoms with Crippen LogP contribution in [0.5, 0.6) is 5.75 Å². The van der Waals surface area contributed by atoms with Crippen LogP contribution in [0.25, 0.3) is 0 Å². The minimum atomic E-state index is -2.96. The Labute approximate surface area is 100 Å². The van der Waals surface area contributed by atoms with Crippen LogP contribution < -0.4 is 4.74 Å². The fourth-order valence-electron chi connectivity index (χ4n) is 1.84. The first-order valence-corrected chi connectivity index (χ1v) is 5.40. The van der Waals surface area contributed by atoms with Crippen LogP contribution >= 0.6 is 0 Å². The average Bonchev–Trinajstić information content (AvgIpc) is 2.26. The maximum Gasteiger partial charge on any atom is 0.270 e. The fourth-order valence-corrected chi connectivity index (χ4v) is 1.84. The molecule has 0 amide bonds. The molecule has 0 bridgehead atoms. The van der Waals surface area contributed by atoms with E-state index in [0.29, 0.717) is 11.3 Å². The van der Waals surface area contributed by atoms with Gasteiger partial charge in [-0.1, -0.05) is 26.0 Å². The first kappa shape index (κ1) is 13.9. The number of benzene rings is 1. The predicted molar refractivity (Wildman–Crippen MR) is 62.7 cm³/mol. The van der Waals surface area contributed by atoms with Crippen molar-refractivity contribution in [2.75, 3.05) is 13.7 Å². The van der Waals surface area contributed by atoms with Crippen LogP contribution in [0.1, 0.15) is 31.9 Å². The van der Waals surface area contributed by atoms with E-state index in [1.807, 2.05) is 0 Å². The maximum absolute atomic E-state index is 13.6. The molecule has 96 valence electrons. The highest BCUT2D eigenvalue weighted by atomic mass is 19.3. The normalized spacial score (nSPS) is 12.6. The van der Waals surface area contributed by atoms with Gasteiger partial charge >= 0.3 is 0 Å². The van der Waals surface area contributed by atoms with Crippen LogP contribution in [0.3, 0.4) is 0 Å². The molecule has 4 heteroatoms. The summed E-state index contributed by atoms with van der Waals surface area (Å²) in [5, 5.41) is 9.36. The highest BCUT2D eigenvalue weighted by molar-refractivity contribution is 5.47. The summed E-state index contributed by atoms with van der Waals surface area (Å²) < 4.78 is 32.2. The molecule has 2 nitrogen and oxygen atoms in total. The summed E-state index contributed by atoms with van der Waals surface area (Å²) in [6.45, 7) is 4.04. The quantitative estimate of drug-likeness (QED) is 0.882. The van der Waals surface area contributed by atoms with Gasteiger partial charge in [-0.3, -0.25) is 0 Å². The Morgan fingerprint density at radius 1 is 1.24 bits per heavy atom. The van der Waals surface area contributed by atoms with Gasteiger partial charge in [0.05, 0.1) is 13.7 Å². The molecule has 0 atom stereocenters. The Morgan fingerprint density at radius 3 is 2.24 bits per heavy atom. The smallest absolute Gasteiger partial charge is 0.270 e. The SMILES string of the molecule is COc1cccc(C(C)(F)F)c1C(C)(C)CO. The zero-order valence-corrected chi connectivity index (χ0v) is 10.6. The zero-order valence-electron chi connectivity index (χ0n) is 10.6. The van der Waals surface area contributed by atoms with E-state index in [2.05, 4.69) is 0 Å². The molecule has 1 rings (SSSR count). The number of halogens is 2. The molecular formula is C13H18F2O2. The van der Waals surface area contributed by atoms with Crippen molar-refractivity contribution in [2.45, 2.75) is 32.1 Å². The number of hydrogen-bond donors (Lipinski definition) is 1. The number of aliphatic hydroxyl groups excluding tert-OH is 1. The van der Waals surface area contributed by atoms with Gasteiger partial charge in [-0.25, -0.2) is 8.78 Å². The third-order valence-corrected chi connectivity index (χ3v) is 2.79. The summed E-state index contributed by atoms with van der Waals surface area (Å²) in [4.78, 5) is 0. The van der Waals surface area contributed by atoms with E-state index in [0.717, 1.165) is 6.92 Å². The van der Waals surface area contributed by atoms with Crippen LogP contribution in [-0.4, -0.2) is 18.8 Å². The van der Waals surface area contributed by atoms with Crippen molar-refractivity contribution in [3.63, 3.8) is 0 Å².